The lowest BCUT2D eigenvalue weighted by Crippen LogP contribution is -2.42. The molecule has 7 aromatic rings. The van der Waals surface area contributed by atoms with E-state index >= 15 is 0 Å². The fraction of sp³-hybridized carbons (Fsp3) is 0.442. The molecule has 0 unspecified atom stereocenters. The number of hydrogen-bond acceptors (Lipinski definition) is 14. The minimum Gasteiger partial charge on any atom is -0.491 e. The first-order valence-electron chi connectivity index (χ1n) is 25.6. The second kappa shape index (κ2) is 21.8. The van der Waals surface area contributed by atoms with E-state index in [4.69, 9.17) is 30.9 Å². The zero-order chi connectivity index (χ0) is 54.0. The Morgan fingerprint density at radius 1 is 0.750 bits per heavy atom. The van der Waals surface area contributed by atoms with Gasteiger partial charge in [-0.25, -0.2) is 14.8 Å². The summed E-state index contributed by atoms with van der Waals surface area (Å²) in [5.41, 5.74) is 15.4. The number of aromatic nitrogens is 11. The van der Waals surface area contributed by atoms with Gasteiger partial charge in [0.25, 0.3) is 11.8 Å². The van der Waals surface area contributed by atoms with Crippen LogP contribution < -0.4 is 26.8 Å². The lowest BCUT2D eigenvalue weighted by molar-refractivity contribution is 0.0193. The monoisotopic (exact) mass is 1040 g/mol. The van der Waals surface area contributed by atoms with Crippen LogP contribution >= 0.6 is 0 Å². The van der Waals surface area contributed by atoms with Gasteiger partial charge >= 0.3 is 6.09 Å². The summed E-state index contributed by atoms with van der Waals surface area (Å²) in [5.74, 6) is 0.636. The van der Waals surface area contributed by atoms with Crippen molar-refractivity contribution in [2.45, 2.75) is 119 Å². The van der Waals surface area contributed by atoms with Crippen LogP contribution in [0.15, 0.2) is 54.6 Å². The van der Waals surface area contributed by atoms with Crippen LogP contribution in [0.5, 0.6) is 5.75 Å². The molecule has 24 heteroatoms. The maximum atomic E-state index is 14.0. The SMILES string of the molecule is CCn1nc(C)cc1C(=O)Nc1nc2cc(C(N)=O)ccc2n1C/C=C/Cn1c(NC(=O)c2cc(C)nn2CC)nc2cc(C(N)=O)cc(OCCCN3CCC(c4nnc5n4CCN(C(=O)OC(C)(C)C)C5)CC3)c21. The number of hydrogen-bond donors (Lipinski definition) is 4. The van der Waals surface area contributed by atoms with E-state index in [0.29, 0.717) is 96.3 Å². The third-order valence-electron chi connectivity index (χ3n) is 13.4. The van der Waals surface area contributed by atoms with Crippen LogP contribution in [0.1, 0.15) is 125 Å². The van der Waals surface area contributed by atoms with Crippen LogP contribution in [0, 0.1) is 13.8 Å². The number of aryl methyl sites for hydroxylation is 4. The Morgan fingerprint density at radius 3 is 1.97 bits per heavy atom. The van der Waals surface area contributed by atoms with Crippen molar-refractivity contribution in [2.24, 2.45) is 11.5 Å². The van der Waals surface area contributed by atoms with Crippen molar-refractivity contribution in [3.05, 3.63) is 100 Å². The molecule has 0 bridgehead atoms. The summed E-state index contributed by atoms with van der Waals surface area (Å²) in [6.07, 6.45) is 5.90. The topological polar surface area (TPSA) is 288 Å². The smallest absolute Gasteiger partial charge is 0.410 e. The molecule has 400 valence electrons. The van der Waals surface area contributed by atoms with Crippen molar-refractivity contribution < 1.29 is 33.4 Å². The molecule has 1 fully saturated rings. The number of fused-ring (bicyclic) bond motifs is 3. The molecular formula is C52H65N17O7. The number of imidazole rings is 2. The number of nitrogens with zero attached hydrogens (tertiary/aromatic N) is 13. The molecule has 5 aromatic heterocycles. The number of carbonyl (C=O) groups excluding carboxylic acids is 5. The number of carbonyl (C=O) groups is 5. The van der Waals surface area contributed by atoms with Crippen molar-refractivity contribution in [3.63, 3.8) is 0 Å². The molecule has 0 aliphatic carbocycles. The molecule has 24 nitrogen and oxygen atoms in total. The molecule has 2 aromatic carbocycles. The molecule has 6 N–H and O–H groups in total. The first kappa shape index (κ1) is 52.5. The fourth-order valence-electron chi connectivity index (χ4n) is 9.80. The van der Waals surface area contributed by atoms with E-state index < -0.39 is 29.2 Å². The molecule has 0 saturated carbocycles. The highest BCUT2D eigenvalue weighted by molar-refractivity contribution is 6.05. The van der Waals surface area contributed by atoms with Crippen molar-refractivity contribution in [3.8, 4) is 5.75 Å². The second-order valence-corrected chi connectivity index (χ2v) is 20.1. The highest BCUT2D eigenvalue weighted by atomic mass is 16.6. The third kappa shape index (κ3) is 11.3. The highest BCUT2D eigenvalue weighted by Gasteiger charge is 2.32. The number of anilines is 2. The van der Waals surface area contributed by atoms with E-state index in [1.807, 2.05) is 60.6 Å². The lowest BCUT2D eigenvalue weighted by atomic mass is 9.95. The third-order valence-corrected chi connectivity index (χ3v) is 13.4. The van der Waals surface area contributed by atoms with E-state index in [2.05, 4.69) is 40.5 Å². The van der Waals surface area contributed by atoms with Gasteiger partial charge in [0.2, 0.25) is 23.7 Å². The number of allylic oxidation sites excluding steroid dienone is 2. The molecule has 0 spiro atoms. The Kier molecular flexibility index (Phi) is 15.1. The van der Waals surface area contributed by atoms with Crippen molar-refractivity contribution in [1.29, 1.82) is 0 Å². The van der Waals surface area contributed by atoms with Gasteiger partial charge in [-0.1, -0.05) is 12.2 Å². The first-order chi connectivity index (χ1) is 36.4. The minimum atomic E-state index is -0.668. The minimum absolute atomic E-state index is 0.172. The molecule has 76 heavy (non-hydrogen) atoms. The first-order valence-corrected chi connectivity index (χ1v) is 25.6. The number of likely N-dealkylation sites (tertiary alicyclic amines) is 1. The van der Waals surface area contributed by atoms with Gasteiger partial charge in [0, 0.05) is 62.9 Å². The molecular weight excluding hydrogens is 975 g/mol. The quantitative estimate of drug-likeness (QED) is 0.0620. The lowest BCUT2D eigenvalue weighted by Gasteiger charge is -2.33. The molecule has 0 atom stereocenters. The normalized spacial score (nSPS) is 14.4. The van der Waals surface area contributed by atoms with Gasteiger partial charge in [0.1, 0.15) is 34.1 Å². The molecule has 2 aliphatic rings. The van der Waals surface area contributed by atoms with Gasteiger partial charge in [-0.2, -0.15) is 10.2 Å². The van der Waals surface area contributed by atoms with E-state index in [1.54, 1.807) is 65.9 Å². The second-order valence-electron chi connectivity index (χ2n) is 20.1. The van der Waals surface area contributed by atoms with Crippen molar-refractivity contribution >= 4 is 63.7 Å². The van der Waals surface area contributed by atoms with Crippen LogP contribution in [0.4, 0.5) is 16.7 Å². The number of primary amides is 2. The predicted octanol–water partition coefficient (Wildman–Crippen LogP) is 5.39. The number of ether oxygens (including phenoxy) is 2. The summed E-state index contributed by atoms with van der Waals surface area (Å²) in [4.78, 5) is 78.9. The van der Waals surface area contributed by atoms with Crippen LogP contribution in [0.2, 0.25) is 0 Å². The maximum absolute atomic E-state index is 14.0. The summed E-state index contributed by atoms with van der Waals surface area (Å²) < 4.78 is 21.1. The standard InChI is InChI=1S/C52H65N17O7/c1-8-68-39(25-31(3)61-68)47(72)57-49-55-36-27-34(44(53)70)13-14-38(36)65(49)18-10-11-19-67-43-37(56-50(67)58-48(73)40-26-32(4)62-69(40)9-2)28-35(45(54)71)29-41(43)75-24-12-17-63-20-15-33(16-21-63)46-60-59-42-30-64(22-23-66(42)46)51(74)76-52(5,6)7/h10-11,13-14,25-29,33H,8-9,12,15-24,30H2,1-7H3,(H2,53,70)(H2,54,71)(H,55,57,72)(H,56,58,73)/b11-10+. The van der Waals surface area contributed by atoms with Gasteiger partial charge in [-0.15, -0.1) is 10.2 Å². The Hall–Kier alpha value is -8.41. The number of benzene rings is 2. The molecule has 7 heterocycles. The van der Waals surface area contributed by atoms with E-state index in [0.717, 1.165) is 44.1 Å². The Labute approximate surface area is 438 Å². The molecule has 2 aliphatic heterocycles. The average Bonchev–Trinajstić information content (AvgIpc) is 4.23. The van der Waals surface area contributed by atoms with Gasteiger partial charge in [-0.05, 0) is 123 Å². The van der Waals surface area contributed by atoms with Crippen LogP contribution in [0.25, 0.3) is 22.1 Å². The van der Waals surface area contributed by atoms with Crippen LogP contribution in [-0.2, 0) is 44.0 Å². The van der Waals surface area contributed by atoms with Gasteiger partial charge < -0.3 is 39.5 Å². The molecule has 5 amide bonds. The van der Waals surface area contributed by atoms with Crippen molar-refractivity contribution in [2.75, 3.05) is 43.4 Å². The predicted molar refractivity (Wildman–Crippen MR) is 282 cm³/mol. The number of rotatable bonds is 18. The van der Waals surface area contributed by atoms with Gasteiger partial charge in [0.05, 0.1) is 41.1 Å². The van der Waals surface area contributed by atoms with Crippen molar-refractivity contribution in [1.82, 2.24) is 63.2 Å². The zero-order valence-electron chi connectivity index (χ0n) is 44.0. The Morgan fingerprint density at radius 2 is 1.36 bits per heavy atom. The van der Waals surface area contributed by atoms with E-state index in [-0.39, 0.29) is 48.1 Å². The maximum Gasteiger partial charge on any atom is 0.410 e. The number of nitrogens with one attached hydrogen (secondary N) is 2. The fourth-order valence-corrected chi connectivity index (χ4v) is 9.80. The van der Waals surface area contributed by atoms with E-state index in [9.17, 15) is 24.0 Å². The number of amides is 5. The Bertz CT molecular complexity index is 3380. The summed E-state index contributed by atoms with van der Waals surface area (Å²) in [6, 6.07) is 11.5. The highest BCUT2D eigenvalue weighted by Crippen LogP contribution is 2.33. The zero-order valence-corrected chi connectivity index (χ0v) is 44.0. The summed E-state index contributed by atoms with van der Waals surface area (Å²) in [6.45, 7) is 18.6. The molecule has 0 radical (unpaired) electrons. The van der Waals surface area contributed by atoms with Gasteiger partial charge in [0.15, 0.2) is 5.82 Å². The molecule has 9 rings (SSSR count). The number of piperidine rings is 1. The summed E-state index contributed by atoms with van der Waals surface area (Å²) in [7, 11) is 0. The largest absolute Gasteiger partial charge is 0.491 e. The summed E-state index contributed by atoms with van der Waals surface area (Å²) >= 11 is 0. The summed E-state index contributed by atoms with van der Waals surface area (Å²) in [5, 5.41) is 23.9. The van der Waals surface area contributed by atoms with Crippen LogP contribution in [0.3, 0.4) is 0 Å². The van der Waals surface area contributed by atoms with Gasteiger partial charge in [-0.3, -0.25) is 44.1 Å². The van der Waals surface area contributed by atoms with Crippen LogP contribution in [-0.4, -0.2) is 131 Å². The average molecular weight is 1040 g/mol. The molecule has 1 saturated heterocycles. The number of nitrogens with two attached hydrogens (primary N) is 2. The Balaban J connectivity index is 0.930. The van der Waals surface area contributed by atoms with E-state index in [1.165, 1.54) is 0 Å².